The number of likely N-dealkylation sites (N-methyl/N-ethyl adjacent to an activating group) is 1. The average molecular weight is 270 g/mol. The van der Waals surface area contributed by atoms with Gasteiger partial charge >= 0.3 is 0 Å². The number of anilines is 1. The molecule has 0 saturated carbocycles. The summed E-state index contributed by atoms with van der Waals surface area (Å²) in [4.78, 5) is 16.1. The number of nitrogens with zero attached hydrogens (tertiary/aromatic N) is 5. The van der Waals surface area contributed by atoms with E-state index in [1.807, 2.05) is 4.90 Å². The van der Waals surface area contributed by atoms with Gasteiger partial charge in [-0.05, 0) is 7.05 Å². The summed E-state index contributed by atoms with van der Waals surface area (Å²) in [6, 6.07) is 0. The molecule has 0 unspecified atom stereocenters. The van der Waals surface area contributed by atoms with Gasteiger partial charge in [0.1, 0.15) is 0 Å². The van der Waals surface area contributed by atoms with Crippen LogP contribution >= 0.6 is 11.8 Å². The summed E-state index contributed by atoms with van der Waals surface area (Å²) in [5.41, 5.74) is 5.58. The Bertz CT molecular complexity index is 426. The van der Waals surface area contributed by atoms with Gasteiger partial charge in [0.2, 0.25) is 11.9 Å². The number of thioether (sulfide) groups is 1. The van der Waals surface area contributed by atoms with Crippen LogP contribution in [0.2, 0.25) is 0 Å². The predicted octanol–water partition coefficient (Wildman–Crippen LogP) is -0.737. The third-order valence-electron chi connectivity index (χ3n) is 3.05. The first-order valence-electron chi connectivity index (χ1n) is 5.82. The molecule has 0 bridgehead atoms. The van der Waals surface area contributed by atoms with Crippen LogP contribution in [0.4, 0.5) is 5.95 Å². The normalized spacial score (nSPS) is 17.1. The lowest BCUT2D eigenvalue weighted by Crippen LogP contribution is -2.47. The van der Waals surface area contributed by atoms with Gasteiger partial charge in [-0.1, -0.05) is 11.8 Å². The lowest BCUT2D eigenvalue weighted by Gasteiger charge is -2.32. The smallest absolute Gasteiger partial charge is 0.233 e. The Morgan fingerprint density at radius 2 is 1.94 bits per heavy atom. The zero-order chi connectivity index (χ0) is 13.1. The van der Waals surface area contributed by atoms with Crippen LogP contribution in [0.1, 0.15) is 0 Å². The highest BCUT2D eigenvalue weighted by atomic mass is 32.2. The molecule has 1 aliphatic rings. The Hall–Kier alpha value is -1.28. The second-order valence-corrected chi connectivity index (χ2v) is 5.32. The Morgan fingerprint density at radius 3 is 2.50 bits per heavy atom. The van der Waals surface area contributed by atoms with Crippen molar-refractivity contribution in [1.82, 2.24) is 24.6 Å². The minimum Gasteiger partial charge on any atom is -0.368 e. The average Bonchev–Trinajstić information content (AvgIpc) is 2.68. The lowest BCUT2D eigenvalue weighted by molar-refractivity contribution is -0.129. The van der Waals surface area contributed by atoms with E-state index < -0.39 is 0 Å². The molecular formula is C10H18N6OS. The molecule has 2 heterocycles. The maximum atomic E-state index is 12.0. The van der Waals surface area contributed by atoms with Crippen molar-refractivity contribution >= 4 is 23.6 Å². The molecular weight excluding hydrogens is 252 g/mol. The molecule has 0 atom stereocenters. The molecule has 7 nitrogen and oxygen atoms in total. The molecule has 100 valence electrons. The highest BCUT2D eigenvalue weighted by molar-refractivity contribution is 7.99. The molecule has 1 aromatic heterocycles. The minimum atomic E-state index is 0.148. The number of aromatic nitrogens is 3. The molecule has 0 radical (unpaired) electrons. The van der Waals surface area contributed by atoms with Crippen molar-refractivity contribution in [2.24, 2.45) is 7.05 Å². The fourth-order valence-electron chi connectivity index (χ4n) is 1.73. The van der Waals surface area contributed by atoms with E-state index in [1.54, 1.807) is 11.6 Å². The number of carbonyl (C=O) groups is 1. The van der Waals surface area contributed by atoms with Gasteiger partial charge < -0.3 is 15.5 Å². The van der Waals surface area contributed by atoms with Crippen LogP contribution < -0.4 is 5.73 Å². The molecule has 1 aliphatic heterocycles. The fraction of sp³-hybridized carbons (Fsp3) is 0.700. The Labute approximate surface area is 110 Å². The van der Waals surface area contributed by atoms with Gasteiger partial charge in [0, 0.05) is 33.2 Å². The van der Waals surface area contributed by atoms with E-state index in [1.165, 1.54) is 11.8 Å². The molecule has 8 heteroatoms. The molecule has 0 spiro atoms. The zero-order valence-corrected chi connectivity index (χ0v) is 11.5. The van der Waals surface area contributed by atoms with Crippen molar-refractivity contribution in [3.8, 4) is 0 Å². The third-order valence-corrected chi connectivity index (χ3v) is 4.05. The number of rotatable bonds is 3. The third kappa shape index (κ3) is 2.94. The standard InChI is InChI=1S/C10H18N6OS/c1-14-3-5-16(6-4-14)8(17)7-18-10-13-12-9(11)15(10)2/h3-7H2,1-2H3,(H2,11,12). The summed E-state index contributed by atoms with van der Waals surface area (Å²) in [7, 11) is 3.86. The maximum Gasteiger partial charge on any atom is 0.233 e. The van der Waals surface area contributed by atoms with E-state index in [9.17, 15) is 4.79 Å². The first kappa shape index (κ1) is 13.2. The van der Waals surface area contributed by atoms with Crippen molar-refractivity contribution < 1.29 is 4.79 Å². The van der Waals surface area contributed by atoms with Gasteiger partial charge in [-0.25, -0.2) is 0 Å². The summed E-state index contributed by atoms with van der Waals surface area (Å²) in [6.45, 7) is 3.48. The first-order valence-corrected chi connectivity index (χ1v) is 6.80. The largest absolute Gasteiger partial charge is 0.368 e. The number of carbonyl (C=O) groups excluding carboxylic acids is 1. The number of nitrogens with two attached hydrogens (primary N) is 1. The molecule has 1 fully saturated rings. The summed E-state index contributed by atoms with van der Waals surface area (Å²) in [6.07, 6.45) is 0. The second-order valence-electron chi connectivity index (χ2n) is 4.37. The van der Waals surface area contributed by atoms with Crippen molar-refractivity contribution in [2.75, 3.05) is 44.7 Å². The molecule has 1 saturated heterocycles. The van der Waals surface area contributed by atoms with Crippen molar-refractivity contribution in [3.63, 3.8) is 0 Å². The minimum absolute atomic E-state index is 0.148. The predicted molar refractivity (Wildman–Crippen MR) is 70.2 cm³/mol. The van der Waals surface area contributed by atoms with Crippen LogP contribution in [0.3, 0.4) is 0 Å². The monoisotopic (exact) mass is 270 g/mol. The highest BCUT2D eigenvalue weighted by Gasteiger charge is 2.19. The van der Waals surface area contributed by atoms with Crippen LogP contribution in [-0.4, -0.2) is 69.5 Å². The Morgan fingerprint density at radius 1 is 1.28 bits per heavy atom. The molecule has 18 heavy (non-hydrogen) atoms. The summed E-state index contributed by atoms with van der Waals surface area (Å²) >= 11 is 1.37. The maximum absolute atomic E-state index is 12.0. The van der Waals surface area contributed by atoms with E-state index >= 15 is 0 Å². The number of amides is 1. The molecule has 2 rings (SSSR count). The molecule has 2 N–H and O–H groups in total. The summed E-state index contributed by atoms with van der Waals surface area (Å²) in [5, 5.41) is 8.35. The van der Waals surface area contributed by atoms with Gasteiger partial charge in [0.15, 0.2) is 5.16 Å². The molecule has 1 aromatic rings. The summed E-state index contributed by atoms with van der Waals surface area (Å²) in [5.74, 6) is 0.898. The fourth-order valence-corrected chi connectivity index (χ4v) is 2.55. The van der Waals surface area contributed by atoms with Gasteiger partial charge in [-0.2, -0.15) is 0 Å². The first-order chi connectivity index (χ1) is 8.58. The van der Waals surface area contributed by atoms with E-state index in [4.69, 9.17) is 5.73 Å². The van der Waals surface area contributed by atoms with Crippen LogP contribution in [-0.2, 0) is 11.8 Å². The number of nitrogen functional groups attached to an aromatic ring is 1. The van der Waals surface area contributed by atoms with Crippen molar-refractivity contribution in [1.29, 1.82) is 0 Å². The number of hydrogen-bond donors (Lipinski definition) is 1. The number of hydrogen-bond acceptors (Lipinski definition) is 6. The number of piperazine rings is 1. The van der Waals surface area contributed by atoms with Crippen LogP contribution in [0.5, 0.6) is 0 Å². The SMILES string of the molecule is CN1CCN(C(=O)CSc2nnc(N)n2C)CC1. The van der Waals surface area contributed by atoms with Crippen LogP contribution in [0, 0.1) is 0 Å². The molecule has 1 amide bonds. The van der Waals surface area contributed by atoms with E-state index in [0.717, 1.165) is 26.2 Å². The van der Waals surface area contributed by atoms with Gasteiger partial charge in [-0.15, -0.1) is 10.2 Å². The van der Waals surface area contributed by atoms with E-state index in [0.29, 0.717) is 16.9 Å². The van der Waals surface area contributed by atoms with E-state index in [2.05, 4.69) is 22.1 Å². The lowest BCUT2D eigenvalue weighted by atomic mass is 10.3. The Balaban J connectivity index is 1.83. The topological polar surface area (TPSA) is 80.3 Å². The summed E-state index contributed by atoms with van der Waals surface area (Å²) < 4.78 is 1.68. The van der Waals surface area contributed by atoms with Crippen molar-refractivity contribution in [3.05, 3.63) is 0 Å². The zero-order valence-electron chi connectivity index (χ0n) is 10.7. The molecule has 0 aliphatic carbocycles. The van der Waals surface area contributed by atoms with Gasteiger partial charge in [0.05, 0.1) is 5.75 Å². The molecule has 0 aromatic carbocycles. The quantitative estimate of drug-likeness (QED) is 0.729. The van der Waals surface area contributed by atoms with Gasteiger partial charge in [-0.3, -0.25) is 9.36 Å². The van der Waals surface area contributed by atoms with E-state index in [-0.39, 0.29) is 5.91 Å². The van der Waals surface area contributed by atoms with Gasteiger partial charge in [0.25, 0.3) is 0 Å². The van der Waals surface area contributed by atoms with Crippen LogP contribution in [0.15, 0.2) is 5.16 Å². The highest BCUT2D eigenvalue weighted by Crippen LogP contribution is 2.17. The van der Waals surface area contributed by atoms with Crippen LogP contribution in [0.25, 0.3) is 0 Å². The Kier molecular flexibility index (Phi) is 4.07. The second kappa shape index (κ2) is 5.57. The van der Waals surface area contributed by atoms with Crippen molar-refractivity contribution in [2.45, 2.75) is 5.16 Å².